The van der Waals surface area contributed by atoms with Crippen LogP contribution in [0.15, 0.2) is 84.9 Å². The molecule has 1 aliphatic rings. The van der Waals surface area contributed by atoms with E-state index in [0.29, 0.717) is 12.1 Å². The first-order valence-corrected chi connectivity index (χ1v) is 11.5. The molecule has 1 fully saturated rings. The lowest BCUT2D eigenvalue weighted by molar-refractivity contribution is 0.0785. The lowest BCUT2D eigenvalue weighted by Gasteiger charge is -2.32. The second-order valence-electron chi connectivity index (χ2n) is 8.57. The highest BCUT2D eigenvalue weighted by atomic mass is 16.5. The number of piperidine rings is 1. The van der Waals surface area contributed by atoms with Gasteiger partial charge in [0, 0.05) is 38.8 Å². The zero-order valence-electron chi connectivity index (χ0n) is 18.8. The predicted molar refractivity (Wildman–Crippen MR) is 129 cm³/mol. The molecule has 0 spiro atoms. The zero-order chi connectivity index (χ0) is 22.2. The predicted octanol–water partition coefficient (Wildman–Crippen LogP) is 5.04. The summed E-state index contributed by atoms with van der Waals surface area (Å²) in [6.07, 6.45) is 3.41. The van der Waals surface area contributed by atoms with Gasteiger partial charge in [0.05, 0.1) is 0 Å². The summed E-state index contributed by atoms with van der Waals surface area (Å²) in [5.41, 5.74) is 3.21. The van der Waals surface area contributed by atoms with Crippen LogP contribution in [0.3, 0.4) is 0 Å². The van der Waals surface area contributed by atoms with Gasteiger partial charge < -0.3 is 14.5 Å². The molecule has 0 atom stereocenters. The number of hydrogen-bond donors (Lipinski definition) is 0. The summed E-state index contributed by atoms with van der Waals surface area (Å²) >= 11 is 0. The van der Waals surface area contributed by atoms with Crippen molar-refractivity contribution in [3.05, 3.63) is 102 Å². The van der Waals surface area contributed by atoms with Crippen LogP contribution < -0.4 is 4.74 Å². The Morgan fingerprint density at radius 2 is 1.47 bits per heavy atom. The van der Waals surface area contributed by atoms with Crippen molar-refractivity contribution in [2.24, 2.45) is 0 Å². The zero-order valence-corrected chi connectivity index (χ0v) is 18.8. The molecule has 1 aliphatic heterocycles. The van der Waals surface area contributed by atoms with Gasteiger partial charge in [-0.2, -0.15) is 0 Å². The Morgan fingerprint density at radius 3 is 2.09 bits per heavy atom. The van der Waals surface area contributed by atoms with Crippen molar-refractivity contribution >= 4 is 5.91 Å². The third-order valence-corrected chi connectivity index (χ3v) is 6.11. The van der Waals surface area contributed by atoms with Crippen LogP contribution in [0.2, 0.25) is 0 Å². The minimum atomic E-state index is 0.0205. The highest BCUT2D eigenvalue weighted by Crippen LogP contribution is 2.21. The normalized spacial score (nSPS) is 14.8. The molecule has 166 valence electrons. The first-order valence-electron chi connectivity index (χ1n) is 11.5. The largest absolute Gasteiger partial charge is 0.490 e. The summed E-state index contributed by atoms with van der Waals surface area (Å²) < 4.78 is 6.21. The van der Waals surface area contributed by atoms with Crippen molar-refractivity contribution in [3.63, 3.8) is 0 Å². The SMILES string of the molecule is CN(Cc1ccccc1)C(=O)c1ccc(OC2CCN(CCc3ccccc3)CC2)cc1. The van der Waals surface area contributed by atoms with Crippen molar-refractivity contribution in [2.75, 3.05) is 26.7 Å². The van der Waals surface area contributed by atoms with Crippen molar-refractivity contribution in [1.29, 1.82) is 0 Å². The van der Waals surface area contributed by atoms with E-state index in [1.807, 2.05) is 61.6 Å². The number of carbonyl (C=O) groups is 1. The Bertz CT molecular complexity index is 965. The molecule has 3 aromatic rings. The number of likely N-dealkylation sites (tertiary alicyclic amines) is 1. The molecule has 32 heavy (non-hydrogen) atoms. The lowest BCUT2D eigenvalue weighted by atomic mass is 10.1. The molecule has 1 saturated heterocycles. The van der Waals surface area contributed by atoms with Gasteiger partial charge in [0.1, 0.15) is 11.9 Å². The fraction of sp³-hybridized carbons (Fsp3) is 0.321. The summed E-state index contributed by atoms with van der Waals surface area (Å²) in [7, 11) is 1.84. The third kappa shape index (κ3) is 6.21. The highest BCUT2D eigenvalue weighted by Gasteiger charge is 2.20. The lowest BCUT2D eigenvalue weighted by Crippen LogP contribution is -2.39. The number of rotatable bonds is 8. The molecule has 3 aromatic carbocycles. The van der Waals surface area contributed by atoms with Gasteiger partial charge in [0.15, 0.2) is 0 Å². The highest BCUT2D eigenvalue weighted by molar-refractivity contribution is 5.94. The van der Waals surface area contributed by atoms with Crippen LogP contribution in [0.1, 0.15) is 34.3 Å². The molecule has 1 heterocycles. The van der Waals surface area contributed by atoms with E-state index in [9.17, 15) is 4.79 Å². The first-order chi connectivity index (χ1) is 15.7. The van der Waals surface area contributed by atoms with Crippen molar-refractivity contribution in [3.8, 4) is 5.75 Å². The molecular formula is C28H32N2O2. The molecule has 0 saturated carbocycles. The summed E-state index contributed by atoms with van der Waals surface area (Å²) in [5, 5.41) is 0. The molecule has 4 rings (SSSR count). The molecule has 0 aromatic heterocycles. The molecule has 0 bridgehead atoms. The second-order valence-corrected chi connectivity index (χ2v) is 8.57. The van der Waals surface area contributed by atoms with E-state index in [0.717, 1.165) is 50.2 Å². The van der Waals surface area contributed by atoms with Crippen LogP contribution in [0.25, 0.3) is 0 Å². The van der Waals surface area contributed by atoms with Crippen molar-refractivity contribution in [2.45, 2.75) is 31.9 Å². The average Bonchev–Trinajstić information content (AvgIpc) is 2.85. The van der Waals surface area contributed by atoms with E-state index in [4.69, 9.17) is 4.74 Å². The minimum absolute atomic E-state index is 0.0205. The van der Waals surface area contributed by atoms with Gasteiger partial charge in [-0.05, 0) is 54.7 Å². The quantitative estimate of drug-likeness (QED) is 0.504. The van der Waals surface area contributed by atoms with Crippen LogP contribution in [-0.4, -0.2) is 48.5 Å². The van der Waals surface area contributed by atoms with Gasteiger partial charge in [-0.15, -0.1) is 0 Å². The van der Waals surface area contributed by atoms with Crippen LogP contribution in [0.4, 0.5) is 0 Å². The second kappa shape index (κ2) is 11.0. The van der Waals surface area contributed by atoms with E-state index < -0.39 is 0 Å². The number of benzene rings is 3. The van der Waals surface area contributed by atoms with Gasteiger partial charge in [-0.25, -0.2) is 0 Å². The maximum absolute atomic E-state index is 12.7. The molecule has 0 N–H and O–H groups in total. The molecule has 0 radical (unpaired) electrons. The van der Waals surface area contributed by atoms with Crippen LogP contribution in [0, 0.1) is 0 Å². The van der Waals surface area contributed by atoms with Crippen molar-refractivity contribution in [1.82, 2.24) is 9.80 Å². The average molecular weight is 429 g/mol. The van der Waals surface area contributed by atoms with Crippen molar-refractivity contribution < 1.29 is 9.53 Å². The summed E-state index contributed by atoms with van der Waals surface area (Å²) in [5.74, 6) is 0.863. The summed E-state index contributed by atoms with van der Waals surface area (Å²) in [6, 6.07) is 28.3. The third-order valence-electron chi connectivity index (χ3n) is 6.11. The molecule has 1 amide bonds. The van der Waals surface area contributed by atoms with Gasteiger partial charge in [0.2, 0.25) is 0 Å². The van der Waals surface area contributed by atoms with Gasteiger partial charge in [0.25, 0.3) is 5.91 Å². The molecule has 0 unspecified atom stereocenters. The Morgan fingerprint density at radius 1 is 0.875 bits per heavy atom. The van der Waals surface area contributed by atoms with Crippen LogP contribution >= 0.6 is 0 Å². The topological polar surface area (TPSA) is 32.8 Å². The number of carbonyl (C=O) groups excluding carboxylic acids is 1. The smallest absolute Gasteiger partial charge is 0.253 e. The Balaban J connectivity index is 1.22. The maximum Gasteiger partial charge on any atom is 0.253 e. The Kier molecular flexibility index (Phi) is 7.57. The van der Waals surface area contributed by atoms with E-state index in [1.165, 1.54) is 5.56 Å². The molecular weight excluding hydrogens is 396 g/mol. The monoisotopic (exact) mass is 428 g/mol. The molecule has 0 aliphatic carbocycles. The minimum Gasteiger partial charge on any atom is -0.490 e. The molecule has 4 heteroatoms. The van der Waals surface area contributed by atoms with E-state index in [2.05, 4.69) is 35.2 Å². The number of amides is 1. The number of ether oxygens (including phenoxy) is 1. The Labute approximate surface area is 191 Å². The maximum atomic E-state index is 12.7. The van der Waals surface area contributed by atoms with E-state index >= 15 is 0 Å². The summed E-state index contributed by atoms with van der Waals surface area (Å²) in [6.45, 7) is 3.83. The standard InChI is InChI=1S/C28H32N2O2/c1-29(22-24-10-6-3-7-11-24)28(31)25-12-14-26(15-13-25)32-27-17-20-30(21-18-27)19-16-23-8-4-2-5-9-23/h2-15,27H,16-22H2,1H3. The van der Waals surface area contributed by atoms with Crippen LogP contribution in [-0.2, 0) is 13.0 Å². The van der Waals surface area contributed by atoms with Gasteiger partial charge >= 0.3 is 0 Å². The summed E-state index contributed by atoms with van der Waals surface area (Å²) in [4.78, 5) is 17.0. The first kappa shape index (κ1) is 22.1. The molecule has 4 nitrogen and oxygen atoms in total. The number of nitrogens with zero attached hydrogens (tertiary/aromatic N) is 2. The van der Waals surface area contributed by atoms with Gasteiger partial charge in [-0.3, -0.25) is 4.79 Å². The Hall–Kier alpha value is -3.11. The van der Waals surface area contributed by atoms with E-state index in [-0.39, 0.29) is 12.0 Å². The fourth-order valence-corrected chi connectivity index (χ4v) is 4.20. The van der Waals surface area contributed by atoms with Gasteiger partial charge in [-0.1, -0.05) is 60.7 Å². The fourth-order valence-electron chi connectivity index (χ4n) is 4.20. The van der Waals surface area contributed by atoms with E-state index in [1.54, 1.807) is 4.90 Å². The number of hydrogen-bond acceptors (Lipinski definition) is 3. The van der Waals surface area contributed by atoms with Crippen LogP contribution in [0.5, 0.6) is 5.75 Å².